The molecule has 2 heterocycles. The maximum atomic E-state index is 12.5. The summed E-state index contributed by atoms with van der Waals surface area (Å²) in [4.78, 5) is 29.2. The number of fused-ring (bicyclic) bond motifs is 2. The van der Waals surface area contributed by atoms with E-state index in [0.717, 1.165) is 24.8 Å². The summed E-state index contributed by atoms with van der Waals surface area (Å²) in [7, 11) is 0. The molecule has 0 unspecified atom stereocenters. The third kappa shape index (κ3) is 2.64. The number of nitrogens with zero attached hydrogens (tertiary/aromatic N) is 1. The van der Waals surface area contributed by atoms with Crippen molar-refractivity contribution in [2.24, 2.45) is 11.3 Å². The summed E-state index contributed by atoms with van der Waals surface area (Å²) in [6.07, 6.45) is 5.29. The number of carbonyl (C=O) groups is 2. The number of aromatic nitrogens is 1. The molecule has 0 radical (unpaired) electrons. The maximum Gasteiger partial charge on any atom is 0.317 e. The van der Waals surface area contributed by atoms with Gasteiger partial charge in [0.25, 0.3) is 0 Å². The number of aryl methyl sites for hydroxylation is 1. The van der Waals surface area contributed by atoms with Gasteiger partial charge in [-0.2, -0.15) is 0 Å². The molecule has 2 aliphatic rings. The smallest absolute Gasteiger partial charge is 0.317 e. The zero-order valence-electron chi connectivity index (χ0n) is 15.0. The highest BCUT2D eigenvalue weighted by Crippen LogP contribution is 2.48. The minimum Gasteiger partial charge on any atom is -0.481 e. The standard InChI is InChI=1S/C20H25N3O3/c1-13-4-2-6-16-14(10-22-17(13)16)7-9-21-19(26)23-11-15-5-3-8-20(15,12-23)18(24)25/h2,4,6,10,15,22H,3,5,7-9,11-12H2,1H3,(H,21,26)(H,24,25)/t15-,20+/m0/s1. The van der Waals surface area contributed by atoms with Crippen LogP contribution in [-0.4, -0.2) is 46.6 Å². The van der Waals surface area contributed by atoms with Crippen LogP contribution < -0.4 is 5.32 Å². The lowest BCUT2D eigenvalue weighted by Gasteiger charge is -2.23. The third-order valence-electron chi connectivity index (χ3n) is 6.26. The van der Waals surface area contributed by atoms with Crippen molar-refractivity contribution in [1.29, 1.82) is 0 Å². The Hall–Kier alpha value is -2.50. The number of H-pyrrole nitrogens is 1. The van der Waals surface area contributed by atoms with Crippen LogP contribution >= 0.6 is 0 Å². The summed E-state index contributed by atoms with van der Waals surface area (Å²) in [6.45, 7) is 3.52. The Bertz CT molecular complexity index is 859. The number of likely N-dealkylation sites (tertiary alicyclic amines) is 1. The SMILES string of the molecule is Cc1cccc2c(CCNC(=O)N3C[C@@H]4CCC[C@@]4(C(=O)O)C3)c[nH]c12. The van der Waals surface area contributed by atoms with Gasteiger partial charge in [-0.05, 0) is 43.2 Å². The van der Waals surface area contributed by atoms with Crippen LogP contribution in [-0.2, 0) is 11.2 Å². The van der Waals surface area contributed by atoms with Crippen molar-refractivity contribution in [1.82, 2.24) is 15.2 Å². The van der Waals surface area contributed by atoms with Crippen LogP contribution in [0.15, 0.2) is 24.4 Å². The van der Waals surface area contributed by atoms with E-state index < -0.39 is 11.4 Å². The molecule has 2 fully saturated rings. The van der Waals surface area contributed by atoms with E-state index in [0.29, 0.717) is 26.1 Å². The first-order valence-electron chi connectivity index (χ1n) is 9.33. The van der Waals surface area contributed by atoms with Gasteiger partial charge in [0.2, 0.25) is 0 Å². The number of aromatic amines is 1. The van der Waals surface area contributed by atoms with E-state index in [1.165, 1.54) is 16.5 Å². The van der Waals surface area contributed by atoms with Crippen LogP contribution in [0.3, 0.4) is 0 Å². The quantitative estimate of drug-likeness (QED) is 0.788. The normalized spacial score (nSPS) is 24.8. The molecule has 2 amide bonds. The van der Waals surface area contributed by atoms with Gasteiger partial charge in [-0.3, -0.25) is 4.79 Å². The number of carboxylic acids is 1. The molecule has 26 heavy (non-hydrogen) atoms. The second-order valence-electron chi connectivity index (χ2n) is 7.72. The summed E-state index contributed by atoms with van der Waals surface area (Å²) in [5.74, 6) is -0.646. The van der Waals surface area contributed by atoms with Crippen LogP contribution in [0.2, 0.25) is 0 Å². The van der Waals surface area contributed by atoms with E-state index in [4.69, 9.17) is 0 Å². The fraction of sp³-hybridized carbons (Fsp3) is 0.500. The third-order valence-corrected chi connectivity index (χ3v) is 6.26. The number of aliphatic carboxylic acids is 1. The number of nitrogens with one attached hydrogen (secondary N) is 2. The summed E-state index contributed by atoms with van der Waals surface area (Å²) >= 11 is 0. The van der Waals surface area contributed by atoms with Crippen molar-refractivity contribution in [3.8, 4) is 0 Å². The molecule has 1 aliphatic carbocycles. The lowest BCUT2D eigenvalue weighted by molar-refractivity contribution is -0.149. The van der Waals surface area contributed by atoms with E-state index in [2.05, 4.69) is 29.4 Å². The van der Waals surface area contributed by atoms with E-state index >= 15 is 0 Å². The number of benzene rings is 1. The molecule has 0 spiro atoms. The van der Waals surface area contributed by atoms with Crippen LogP contribution in [0.25, 0.3) is 10.9 Å². The number of para-hydroxylation sites is 1. The number of amides is 2. The number of hydrogen-bond donors (Lipinski definition) is 3. The molecule has 6 nitrogen and oxygen atoms in total. The van der Waals surface area contributed by atoms with Gasteiger partial charge in [-0.25, -0.2) is 4.79 Å². The number of urea groups is 1. The lowest BCUT2D eigenvalue weighted by Crippen LogP contribution is -2.42. The number of carboxylic acid groups (broad SMARTS) is 1. The maximum absolute atomic E-state index is 12.5. The van der Waals surface area contributed by atoms with Crippen molar-refractivity contribution >= 4 is 22.9 Å². The Labute approximate surface area is 152 Å². The van der Waals surface area contributed by atoms with Gasteiger partial charge in [-0.1, -0.05) is 24.6 Å². The second-order valence-corrected chi connectivity index (χ2v) is 7.72. The molecular formula is C20H25N3O3. The molecule has 1 aromatic heterocycles. The number of carbonyl (C=O) groups excluding carboxylic acids is 1. The summed E-state index contributed by atoms with van der Waals surface area (Å²) in [6, 6.07) is 6.07. The highest BCUT2D eigenvalue weighted by molar-refractivity contribution is 5.86. The summed E-state index contributed by atoms with van der Waals surface area (Å²) in [5.41, 5.74) is 2.82. The summed E-state index contributed by atoms with van der Waals surface area (Å²) < 4.78 is 0. The molecule has 138 valence electrons. The van der Waals surface area contributed by atoms with E-state index in [9.17, 15) is 14.7 Å². The Morgan fingerprint density at radius 1 is 1.42 bits per heavy atom. The average Bonchev–Trinajstić information content (AvgIpc) is 3.27. The number of rotatable bonds is 4. The molecule has 1 aliphatic heterocycles. The van der Waals surface area contributed by atoms with E-state index in [1.807, 2.05) is 12.3 Å². The molecule has 2 aromatic rings. The van der Waals surface area contributed by atoms with E-state index in [1.54, 1.807) is 4.90 Å². The molecule has 1 saturated carbocycles. The van der Waals surface area contributed by atoms with Gasteiger partial charge in [-0.15, -0.1) is 0 Å². The van der Waals surface area contributed by atoms with Crippen LogP contribution in [0.4, 0.5) is 4.79 Å². The molecule has 1 saturated heterocycles. The predicted octanol–water partition coefficient (Wildman–Crippen LogP) is 2.92. The Kier molecular flexibility index (Phi) is 4.13. The van der Waals surface area contributed by atoms with E-state index in [-0.39, 0.29) is 11.9 Å². The van der Waals surface area contributed by atoms with Crippen molar-refractivity contribution < 1.29 is 14.7 Å². The van der Waals surface area contributed by atoms with Gasteiger partial charge in [0, 0.05) is 36.7 Å². The van der Waals surface area contributed by atoms with Gasteiger partial charge >= 0.3 is 12.0 Å². The fourth-order valence-corrected chi connectivity index (χ4v) is 4.78. The Morgan fingerprint density at radius 3 is 3.04 bits per heavy atom. The number of hydrogen-bond acceptors (Lipinski definition) is 2. The van der Waals surface area contributed by atoms with Crippen molar-refractivity contribution in [2.45, 2.75) is 32.6 Å². The molecule has 6 heteroatoms. The molecule has 4 rings (SSSR count). The van der Waals surface area contributed by atoms with Gasteiger partial charge in [0.1, 0.15) is 0 Å². The van der Waals surface area contributed by atoms with Gasteiger partial charge in [0.15, 0.2) is 0 Å². The molecule has 3 N–H and O–H groups in total. The highest BCUT2D eigenvalue weighted by Gasteiger charge is 2.55. The fourth-order valence-electron chi connectivity index (χ4n) is 4.78. The monoisotopic (exact) mass is 355 g/mol. The minimum absolute atomic E-state index is 0.0994. The molecule has 1 aromatic carbocycles. The zero-order chi connectivity index (χ0) is 18.3. The largest absolute Gasteiger partial charge is 0.481 e. The summed E-state index contributed by atoms with van der Waals surface area (Å²) in [5, 5.41) is 13.8. The van der Waals surface area contributed by atoms with Gasteiger partial charge in [0.05, 0.1) is 5.41 Å². The lowest BCUT2D eigenvalue weighted by atomic mass is 9.81. The first-order chi connectivity index (χ1) is 12.5. The Balaban J connectivity index is 1.36. The first-order valence-corrected chi connectivity index (χ1v) is 9.33. The van der Waals surface area contributed by atoms with Crippen LogP contribution in [0, 0.1) is 18.3 Å². The van der Waals surface area contributed by atoms with Crippen LogP contribution in [0.5, 0.6) is 0 Å². The van der Waals surface area contributed by atoms with Crippen molar-refractivity contribution in [3.63, 3.8) is 0 Å². The second kappa shape index (κ2) is 6.34. The molecule has 2 atom stereocenters. The van der Waals surface area contributed by atoms with Crippen LogP contribution in [0.1, 0.15) is 30.4 Å². The van der Waals surface area contributed by atoms with Crippen molar-refractivity contribution in [2.75, 3.05) is 19.6 Å². The first kappa shape index (κ1) is 16.9. The highest BCUT2D eigenvalue weighted by atomic mass is 16.4. The van der Waals surface area contributed by atoms with Gasteiger partial charge < -0.3 is 20.3 Å². The van der Waals surface area contributed by atoms with Crippen molar-refractivity contribution in [3.05, 3.63) is 35.5 Å². The molecule has 0 bridgehead atoms. The topological polar surface area (TPSA) is 85.4 Å². The average molecular weight is 355 g/mol. The zero-order valence-corrected chi connectivity index (χ0v) is 15.0. The predicted molar refractivity (Wildman–Crippen MR) is 99.1 cm³/mol. The molecular weight excluding hydrogens is 330 g/mol. The Morgan fingerprint density at radius 2 is 2.27 bits per heavy atom. The minimum atomic E-state index is -0.746.